The molecule has 8 nitrogen and oxygen atoms in total. The van der Waals surface area contributed by atoms with E-state index >= 15 is 0 Å². The van der Waals surface area contributed by atoms with Crippen molar-refractivity contribution in [2.75, 3.05) is 39.8 Å². The van der Waals surface area contributed by atoms with E-state index in [1.807, 2.05) is 6.07 Å². The lowest BCUT2D eigenvalue weighted by Gasteiger charge is -2.36. The van der Waals surface area contributed by atoms with Gasteiger partial charge in [0.05, 0.1) is 5.69 Å². The van der Waals surface area contributed by atoms with E-state index in [4.69, 9.17) is 4.52 Å². The predicted octanol–water partition coefficient (Wildman–Crippen LogP) is 1.82. The Balaban J connectivity index is 0.00000280. The first-order valence-corrected chi connectivity index (χ1v) is 10.1. The minimum atomic E-state index is 0. The average Bonchev–Trinajstić information content (AvgIpc) is 3.20. The van der Waals surface area contributed by atoms with Gasteiger partial charge in [-0.1, -0.05) is 24.4 Å². The normalized spacial score (nSPS) is 19.2. The van der Waals surface area contributed by atoms with Crippen LogP contribution in [0.3, 0.4) is 0 Å². The lowest BCUT2D eigenvalue weighted by Crippen LogP contribution is -2.52. The van der Waals surface area contributed by atoms with Crippen LogP contribution in [0.15, 0.2) is 21.8 Å². The van der Waals surface area contributed by atoms with Crippen molar-refractivity contribution in [3.05, 3.63) is 18.0 Å². The summed E-state index contributed by atoms with van der Waals surface area (Å²) in [6.07, 6.45) is 8.12. The molecular weight excluding hydrogens is 471 g/mol. The highest BCUT2D eigenvalue weighted by Gasteiger charge is 2.20. The number of guanidine groups is 1. The molecule has 1 aliphatic heterocycles. The summed E-state index contributed by atoms with van der Waals surface area (Å²) >= 11 is 0. The second-order valence-electron chi connectivity index (χ2n) is 7.38. The first kappa shape index (κ1) is 22.9. The van der Waals surface area contributed by atoms with Gasteiger partial charge in [-0.2, -0.15) is 0 Å². The molecule has 1 amide bonds. The highest BCUT2D eigenvalue weighted by atomic mass is 127. The molecule has 1 saturated carbocycles. The van der Waals surface area contributed by atoms with Crippen LogP contribution < -0.4 is 10.6 Å². The Morgan fingerprint density at radius 1 is 1.25 bits per heavy atom. The maximum Gasteiger partial charge on any atom is 0.221 e. The minimum absolute atomic E-state index is 0. The summed E-state index contributed by atoms with van der Waals surface area (Å²) in [6, 6.07) is 2.29. The van der Waals surface area contributed by atoms with Gasteiger partial charge < -0.3 is 20.1 Å². The summed E-state index contributed by atoms with van der Waals surface area (Å²) in [7, 11) is 1.80. The molecule has 2 N–H and O–H groups in total. The van der Waals surface area contributed by atoms with Crippen LogP contribution in [0, 0.1) is 0 Å². The van der Waals surface area contributed by atoms with Crippen molar-refractivity contribution in [2.45, 2.75) is 51.1 Å². The summed E-state index contributed by atoms with van der Waals surface area (Å²) in [4.78, 5) is 21.1. The molecule has 1 aliphatic carbocycles. The SMILES string of the molecule is CN=C(NCCC(=O)NC1CCCCC1)N1CCN(Cc2ccon2)CC1.I. The Hall–Kier alpha value is -1.36. The fourth-order valence-electron chi connectivity index (χ4n) is 3.83. The molecule has 1 saturated heterocycles. The Bertz CT molecular complexity index is 596. The number of nitrogens with zero attached hydrogens (tertiary/aromatic N) is 4. The molecule has 0 unspecified atom stereocenters. The van der Waals surface area contributed by atoms with Crippen LogP contribution in [0.4, 0.5) is 0 Å². The number of hydrogen-bond acceptors (Lipinski definition) is 5. The second-order valence-corrected chi connectivity index (χ2v) is 7.38. The van der Waals surface area contributed by atoms with Crippen LogP contribution >= 0.6 is 24.0 Å². The zero-order chi connectivity index (χ0) is 18.9. The highest BCUT2D eigenvalue weighted by Crippen LogP contribution is 2.17. The number of piperazine rings is 1. The summed E-state index contributed by atoms with van der Waals surface area (Å²) in [5, 5.41) is 10.5. The summed E-state index contributed by atoms with van der Waals surface area (Å²) in [6.45, 7) is 5.16. The lowest BCUT2D eigenvalue weighted by atomic mass is 9.95. The van der Waals surface area contributed by atoms with Crippen molar-refractivity contribution in [1.29, 1.82) is 0 Å². The fourth-order valence-corrected chi connectivity index (χ4v) is 3.83. The molecule has 0 bridgehead atoms. The third kappa shape index (κ3) is 7.23. The summed E-state index contributed by atoms with van der Waals surface area (Å²) in [5.74, 6) is 1.02. The molecule has 2 fully saturated rings. The first-order valence-electron chi connectivity index (χ1n) is 10.1. The van der Waals surface area contributed by atoms with Crippen LogP contribution in [0.5, 0.6) is 0 Å². The van der Waals surface area contributed by atoms with Crippen LogP contribution in [0.25, 0.3) is 0 Å². The topological polar surface area (TPSA) is 86.0 Å². The molecule has 158 valence electrons. The standard InChI is InChI=1S/C19H32N6O2.HI/c1-20-19(21-9-7-18(26)22-16-5-3-2-4-6-16)25-12-10-24(11-13-25)15-17-8-14-27-23-17;/h8,14,16H,2-7,9-13,15H2,1H3,(H,20,21)(H,22,26);1H. The van der Waals surface area contributed by atoms with Gasteiger partial charge in [0, 0.05) is 64.8 Å². The van der Waals surface area contributed by atoms with Gasteiger partial charge in [-0.05, 0) is 12.8 Å². The van der Waals surface area contributed by atoms with Crippen molar-refractivity contribution < 1.29 is 9.32 Å². The number of carbonyl (C=O) groups excluding carboxylic acids is 1. The molecule has 0 spiro atoms. The van der Waals surface area contributed by atoms with E-state index in [9.17, 15) is 4.79 Å². The van der Waals surface area contributed by atoms with E-state index in [0.29, 0.717) is 19.0 Å². The number of nitrogens with one attached hydrogen (secondary N) is 2. The average molecular weight is 504 g/mol. The number of carbonyl (C=O) groups is 1. The number of halogens is 1. The molecule has 28 heavy (non-hydrogen) atoms. The minimum Gasteiger partial charge on any atom is -0.364 e. The number of aliphatic imine (C=N–C) groups is 1. The molecule has 2 heterocycles. The van der Waals surface area contributed by atoms with Gasteiger partial charge >= 0.3 is 0 Å². The Labute approximate surface area is 184 Å². The zero-order valence-electron chi connectivity index (χ0n) is 16.7. The van der Waals surface area contributed by atoms with Crippen molar-refractivity contribution in [2.24, 2.45) is 4.99 Å². The quantitative estimate of drug-likeness (QED) is 0.350. The lowest BCUT2D eigenvalue weighted by molar-refractivity contribution is -0.121. The molecule has 9 heteroatoms. The fraction of sp³-hybridized carbons (Fsp3) is 0.737. The van der Waals surface area contributed by atoms with E-state index in [-0.39, 0.29) is 29.9 Å². The van der Waals surface area contributed by atoms with Crippen LogP contribution in [0.2, 0.25) is 0 Å². The molecule has 0 aromatic carbocycles. The van der Waals surface area contributed by atoms with E-state index in [1.165, 1.54) is 19.3 Å². The van der Waals surface area contributed by atoms with Crippen molar-refractivity contribution in [3.63, 3.8) is 0 Å². The monoisotopic (exact) mass is 504 g/mol. The molecule has 0 radical (unpaired) electrons. The van der Waals surface area contributed by atoms with Crippen molar-refractivity contribution in [1.82, 2.24) is 25.6 Å². The Morgan fingerprint density at radius 3 is 2.64 bits per heavy atom. The van der Waals surface area contributed by atoms with Gasteiger partial charge in [-0.3, -0.25) is 14.7 Å². The van der Waals surface area contributed by atoms with Gasteiger partial charge in [-0.15, -0.1) is 24.0 Å². The Morgan fingerprint density at radius 2 is 2.00 bits per heavy atom. The zero-order valence-corrected chi connectivity index (χ0v) is 19.1. The van der Waals surface area contributed by atoms with Crippen LogP contribution in [-0.2, 0) is 11.3 Å². The van der Waals surface area contributed by atoms with Crippen molar-refractivity contribution in [3.8, 4) is 0 Å². The number of amides is 1. The van der Waals surface area contributed by atoms with Gasteiger partial charge in [0.2, 0.25) is 5.91 Å². The maximum absolute atomic E-state index is 12.1. The largest absolute Gasteiger partial charge is 0.364 e. The van der Waals surface area contributed by atoms with E-state index in [2.05, 4.69) is 30.6 Å². The van der Waals surface area contributed by atoms with E-state index in [1.54, 1.807) is 13.3 Å². The molecular formula is C19H33IN6O2. The molecule has 1 aromatic heterocycles. The van der Waals surface area contributed by atoms with Gasteiger partial charge in [-0.25, -0.2) is 0 Å². The van der Waals surface area contributed by atoms with Crippen LogP contribution in [-0.4, -0.2) is 72.6 Å². The highest BCUT2D eigenvalue weighted by molar-refractivity contribution is 14.0. The summed E-state index contributed by atoms with van der Waals surface area (Å²) in [5.41, 5.74) is 0.968. The second kappa shape index (κ2) is 12.3. The van der Waals surface area contributed by atoms with Gasteiger partial charge in [0.25, 0.3) is 0 Å². The van der Waals surface area contributed by atoms with Gasteiger partial charge in [0.1, 0.15) is 6.26 Å². The maximum atomic E-state index is 12.1. The molecule has 1 aromatic rings. The van der Waals surface area contributed by atoms with Crippen molar-refractivity contribution >= 4 is 35.8 Å². The third-order valence-corrected chi connectivity index (χ3v) is 5.37. The third-order valence-electron chi connectivity index (χ3n) is 5.37. The summed E-state index contributed by atoms with van der Waals surface area (Å²) < 4.78 is 4.90. The van der Waals surface area contributed by atoms with E-state index < -0.39 is 0 Å². The van der Waals surface area contributed by atoms with Gasteiger partial charge in [0.15, 0.2) is 5.96 Å². The number of rotatable bonds is 6. The Kier molecular flexibility index (Phi) is 10.0. The predicted molar refractivity (Wildman–Crippen MR) is 120 cm³/mol. The molecule has 0 atom stereocenters. The first-order chi connectivity index (χ1) is 13.2. The smallest absolute Gasteiger partial charge is 0.221 e. The van der Waals surface area contributed by atoms with E-state index in [0.717, 1.165) is 57.2 Å². The number of hydrogen-bond donors (Lipinski definition) is 2. The molecule has 2 aliphatic rings. The number of aromatic nitrogens is 1. The molecule has 3 rings (SSSR count). The van der Waals surface area contributed by atoms with Crippen LogP contribution in [0.1, 0.15) is 44.2 Å².